The number of aromatic nitrogens is 1. The average Bonchev–Trinajstić information content (AvgIpc) is 2.93. The number of pyridine rings is 1. The van der Waals surface area contributed by atoms with E-state index in [-0.39, 0.29) is 29.0 Å². The van der Waals surface area contributed by atoms with E-state index in [1.807, 2.05) is 0 Å². The largest absolute Gasteiger partial charge is 0.348 e. The summed E-state index contributed by atoms with van der Waals surface area (Å²) in [7, 11) is -3.06. The highest BCUT2D eigenvalue weighted by atomic mass is 32.2. The fourth-order valence-corrected chi connectivity index (χ4v) is 5.09. The molecule has 7 nitrogen and oxygen atoms in total. The van der Waals surface area contributed by atoms with Crippen molar-refractivity contribution in [3.8, 4) is 0 Å². The van der Waals surface area contributed by atoms with E-state index < -0.39 is 15.7 Å². The van der Waals surface area contributed by atoms with Gasteiger partial charge in [-0.25, -0.2) is 8.42 Å². The fraction of sp³-hybridized carbons (Fsp3) is 0.588. The van der Waals surface area contributed by atoms with E-state index in [1.54, 1.807) is 4.90 Å². The maximum Gasteiger partial charge on any atom is 0.255 e. The normalized spacial score (nSPS) is 25.6. The quantitative estimate of drug-likeness (QED) is 0.857. The number of hydrogen-bond acceptors (Lipinski definition) is 5. The van der Waals surface area contributed by atoms with Crippen molar-refractivity contribution in [1.82, 2.24) is 15.2 Å². The molecule has 2 amide bonds. The van der Waals surface area contributed by atoms with Crippen LogP contribution in [0.25, 0.3) is 0 Å². The summed E-state index contributed by atoms with van der Waals surface area (Å²) in [5.41, 5.74) is 0.668. The third-order valence-electron chi connectivity index (χ3n) is 4.76. The zero-order chi connectivity index (χ0) is 18.0. The summed E-state index contributed by atoms with van der Waals surface area (Å²) in [4.78, 5) is 30.8. The lowest BCUT2D eigenvalue weighted by atomic mass is 9.99. The molecule has 2 fully saturated rings. The molecule has 3 heterocycles. The molecule has 2 atom stereocenters. The van der Waals surface area contributed by atoms with Gasteiger partial charge in [0.05, 0.1) is 22.6 Å². The number of carbonyl (C=O) groups is 2. The maximum atomic E-state index is 12.6. The zero-order valence-corrected chi connectivity index (χ0v) is 15.1. The third-order valence-corrected chi connectivity index (χ3v) is 6.53. The number of nitrogens with zero attached hydrogens (tertiary/aromatic N) is 2. The Morgan fingerprint density at radius 1 is 1.24 bits per heavy atom. The first kappa shape index (κ1) is 17.8. The van der Waals surface area contributed by atoms with Crippen molar-refractivity contribution < 1.29 is 18.0 Å². The molecule has 2 saturated heterocycles. The fourth-order valence-electron chi connectivity index (χ4n) is 3.42. The van der Waals surface area contributed by atoms with Crippen LogP contribution in [-0.4, -0.2) is 60.8 Å². The van der Waals surface area contributed by atoms with E-state index in [0.717, 1.165) is 25.9 Å². The first-order valence-electron chi connectivity index (χ1n) is 8.60. The van der Waals surface area contributed by atoms with E-state index in [9.17, 15) is 18.0 Å². The molecule has 1 N–H and O–H groups in total. The van der Waals surface area contributed by atoms with Gasteiger partial charge in [0, 0.05) is 31.5 Å². The molecule has 2 aliphatic heterocycles. The van der Waals surface area contributed by atoms with Crippen molar-refractivity contribution in [2.24, 2.45) is 5.92 Å². The zero-order valence-electron chi connectivity index (χ0n) is 14.3. The average molecular weight is 365 g/mol. The molecule has 8 heteroatoms. The Balaban J connectivity index is 1.68. The van der Waals surface area contributed by atoms with Crippen LogP contribution < -0.4 is 5.32 Å². The topological polar surface area (TPSA) is 96.4 Å². The number of sulfone groups is 1. The molecular formula is C17H23N3O4S. The number of amides is 2. The molecule has 0 saturated carbocycles. The van der Waals surface area contributed by atoms with Gasteiger partial charge in [-0.05, 0) is 31.2 Å². The van der Waals surface area contributed by atoms with Crippen molar-refractivity contribution in [3.05, 3.63) is 29.6 Å². The summed E-state index contributed by atoms with van der Waals surface area (Å²) < 4.78 is 23.0. The molecule has 1 aromatic heterocycles. The van der Waals surface area contributed by atoms with Gasteiger partial charge in [-0.3, -0.25) is 14.6 Å². The minimum atomic E-state index is -3.06. The SMILES string of the molecule is CC1CCCN(C(=O)c2cncc(C(=O)NC3CCS(=O)(=O)C3)c2)C1. The Hall–Kier alpha value is -1.96. The Labute approximate surface area is 147 Å². The molecule has 0 aliphatic carbocycles. The predicted octanol–water partition coefficient (Wildman–Crippen LogP) is 0.871. The van der Waals surface area contributed by atoms with Gasteiger partial charge in [0.25, 0.3) is 11.8 Å². The van der Waals surface area contributed by atoms with Gasteiger partial charge in [-0.1, -0.05) is 6.92 Å². The smallest absolute Gasteiger partial charge is 0.255 e. The number of hydrogen-bond donors (Lipinski definition) is 1. The molecular weight excluding hydrogens is 342 g/mol. The lowest BCUT2D eigenvalue weighted by Gasteiger charge is -2.31. The van der Waals surface area contributed by atoms with Crippen LogP contribution in [0.4, 0.5) is 0 Å². The third kappa shape index (κ3) is 4.36. The lowest BCUT2D eigenvalue weighted by Crippen LogP contribution is -2.39. The van der Waals surface area contributed by atoms with Gasteiger partial charge in [0.1, 0.15) is 0 Å². The highest BCUT2D eigenvalue weighted by Crippen LogP contribution is 2.18. The number of nitrogens with one attached hydrogen (secondary N) is 1. The van der Waals surface area contributed by atoms with E-state index in [4.69, 9.17) is 0 Å². The molecule has 1 aromatic rings. The van der Waals surface area contributed by atoms with Gasteiger partial charge in [-0.15, -0.1) is 0 Å². The molecule has 0 bridgehead atoms. The van der Waals surface area contributed by atoms with E-state index >= 15 is 0 Å². The monoisotopic (exact) mass is 365 g/mol. The highest BCUT2D eigenvalue weighted by molar-refractivity contribution is 7.91. The van der Waals surface area contributed by atoms with Crippen molar-refractivity contribution >= 4 is 21.7 Å². The van der Waals surface area contributed by atoms with Crippen LogP contribution in [-0.2, 0) is 9.84 Å². The number of piperidine rings is 1. The number of likely N-dealkylation sites (tertiary alicyclic amines) is 1. The van der Waals surface area contributed by atoms with E-state index in [2.05, 4.69) is 17.2 Å². The first-order valence-corrected chi connectivity index (χ1v) is 10.4. The molecule has 0 spiro atoms. The van der Waals surface area contributed by atoms with Crippen LogP contribution in [0.15, 0.2) is 18.5 Å². The van der Waals surface area contributed by atoms with Gasteiger partial charge in [-0.2, -0.15) is 0 Å². The molecule has 25 heavy (non-hydrogen) atoms. The minimum Gasteiger partial charge on any atom is -0.348 e. The van der Waals surface area contributed by atoms with Crippen LogP contribution in [0, 0.1) is 5.92 Å². The Kier molecular flexibility index (Phi) is 5.08. The Morgan fingerprint density at radius 2 is 2.00 bits per heavy atom. The summed E-state index contributed by atoms with van der Waals surface area (Å²) in [5, 5.41) is 2.72. The van der Waals surface area contributed by atoms with Gasteiger partial charge < -0.3 is 10.2 Å². The second-order valence-corrected chi connectivity index (χ2v) is 9.26. The predicted molar refractivity (Wildman–Crippen MR) is 93.1 cm³/mol. The summed E-state index contributed by atoms with van der Waals surface area (Å²) in [5.74, 6) is 0.0352. The molecule has 0 radical (unpaired) electrons. The second-order valence-electron chi connectivity index (χ2n) is 7.03. The van der Waals surface area contributed by atoms with Gasteiger partial charge >= 0.3 is 0 Å². The van der Waals surface area contributed by atoms with Crippen LogP contribution in [0.1, 0.15) is 46.9 Å². The molecule has 2 aliphatic rings. The van der Waals surface area contributed by atoms with Gasteiger partial charge in [0.15, 0.2) is 9.84 Å². The van der Waals surface area contributed by atoms with Crippen LogP contribution in [0.5, 0.6) is 0 Å². The van der Waals surface area contributed by atoms with Gasteiger partial charge in [0.2, 0.25) is 0 Å². The van der Waals surface area contributed by atoms with Crippen molar-refractivity contribution in [1.29, 1.82) is 0 Å². The number of rotatable bonds is 3. The van der Waals surface area contributed by atoms with E-state index in [0.29, 0.717) is 17.9 Å². The number of carbonyl (C=O) groups excluding carboxylic acids is 2. The molecule has 0 aromatic carbocycles. The Bertz CT molecular complexity index is 778. The highest BCUT2D eigenvalue weighted by Gasteiger charge is 2.29. The maximum absolute atomic E-state index is 12.6. The van der Waals surface area contributed by atoms with Crippen molar-refractivity contribution in [2.75, 3.05) is 24.6 Å². The van der Waals surface area contributed by atoms with Crippen molar-refractivity contribution in [2.45, 2.75) is 32.2 Å². The van der Waals surface area contributed by atoms with Crippen LogP contribution in [0.2, 0.25) is 0 Å². The molecule has 3 rings (SSSR count). The summed E-state index contributed by atoms with van der Waals surface area (Å²) in [6.45, 7) is 3.56. The molecule has 136 valence electrons. The summed E-state index contributed by atoms with van der Waals surface area (Å²) >= 11 is 0. The van der Waals surface area contributed by atoms with Crippen LogP contribution >= 0.6 is 0 Å². The second kappa shape index (κ2) is 7.11. The summed E-state index contributed by atoms with van der Waals surface area (Å²) in [6, 6.07) is 1.16. The van der Waals surface area contributed by atoms with Crippen molar-refractivity contribution in [3.63, 3.8) is 0 Å². The first-order chi connectivity index (χ1) is 11.8. The van der Waals surface area contributed by atoms with E-state index in [1.165, 1.54) is 18.5 Å². The molecule has 2 unspecified atom stereocenters. The lowest BCUT2D eigenvalue weighted by molar-refractivity contribution is 0.0682. The standard InChI is InChI=1S/C17H23N3O4S/c1-12-3-2-5-20(10-12)17(22)14-7-13(8-18-9-14)16(21)19-15-4-6-25(23,24)11-15/h7-9,12,15H,2-6,10-11H2,1H3,(H,19,21). The Morgan fingerprint density at radius 3 is 2.68 bits per heavy atom. The minimum absolute atomic E-state index is 0.0313. The van der Waals surface area contributed by atoms with Crippen LogP contribution in [0.3, 0.4) is 0 Å². The summed E-state index contributed by atoms with van der Waals surface area (Å²) in [6.07, 6.45) is 5.39.